The fourth-order valence-corrected chi connectivity index (χ4v) is 3.11. The van der Waals surface area contributed by atoms with Crippen LogP contribution in [0.2, 0.25) is 0 Å². The SMILES string of the molecule is O=C(OOCCc1nc2ccccn2c1C#Cc1cccc(C(F)(F)F)c1)c1ccccc1. The van der Waals surface area contributed by atoms with Crippen LogP contribution in [-0.2, 0) is 22.4 Å². The molecule has 0 atom stereocenters. The molecule has 0 saturated heterocycles. The van der Waals surface area contributed by atoms with Gasteiger partial charge < -0.3 is 0 Å². The predicted octanol–water partition coefficient (Wildman–Crippen LogP) is 5.08. The minimum Gasteiger partial charge on any atom is -0.293 e. The lowest BCUT2D eigenvalue weighted by Crippen LogP contribution is -2.08. The van der Waals surface area contributed by atoms with Crippen molar-refractivity contribution >= 4 is 11.6 Å². The van der Waals surface area contributed by atoms with E-state index in [9.17, 15) is 18.0 Å². The molecule has 8 heteroatoms. The van der Waals surface area contributed by atoms with E-state index >= 15 is 0 Å². The van der Waals surface area contributed by atoms with Crippen molar-refractivity contribution in [3.05, 3.63) is 107 Å². The topological polar surface area (TPSA) is 52.8 Å². The van der Waals surface area contributed by atoms with Gasteiger partial charge in [-0.25, -0.2) is 9.78 Å². The summed E-state index contributed by atoms with van der Waals surface area (Å²) in [5.41, 5.74) is 1.54. The highest BCUT2D eigenvalue weighted by atomic mass is 19.4. The standard InChI is InChI=1S/C25H17F3N2O3/c26-25(27,28)20-10-6-7-18(17-20)12-13-22-21(29-23-11-4-5-15-30(22)23)14-16-32-33-24(31)19-8-2-1-3-9-19/h1-11,15,17H,14,16H2. The minimum absolute atomic E-state index is 0.0285. The van der Waals surface area contributed by atoms with Gasteiger partial charge in [0.1, 0.15) is 11.3 Å². The van der Waals surface area contributed by atoms with Gasteiger partial charge in [-0.3, -0.25) is 9.29 Å². The number of carbonyl (C=O) groups is 1. The molecule has 0 aliphatic heterocycles. The molecule has 2 heterocycles. The first kappa shape index (κ1) is 22.1. The number of imidazole rings is 1. The lowest BCUT2D eigenvalue weighted by Gasteiger charge is -2.05. The second kappa shape index (κ2) is 9.59. The number of benzene rings is 2. The van der Waals surface area contributed by atoms with Gasteiger partial charge in [-0.1, -0.05) is 36.3 Å². The van der Waals surface area contributed by atoms with Crippen molar-refractivity contribution in [2.75, 3.05) is 6.61 Å². The quantitative estimate of drug-likeness (QED) is 0.184. The summed E-state index contributed by atoms with van der Waals surface area (Å²) >= 11 is 0. The third-order valence-electron chi connectivity index (χ3n) is 4.68. The summed E-state index contributed by atoms with van der Waals surface area (Å²) in [6.45, 7) is 0.0285. The van der Waals surface area contributed by atoms with E-state index in [4.69, 9.17) is 9.78 Å². The lowest BCUT2D eigenvalue weighted by molar-refractivity contribution is -0.240. The summed E-state index contributed by atoms with van der Waals surface area (Å²) < 4.78 is 40.7. The Hall–Kier alpha value is -4.09. The summed E-state index contributed by atoms with van der Waals surface area (Å²) in [7, 11) is 0. The van der Waals surface area contributed by atoms with Gasteiger partial charge in [0.05, 0.1) is 23.4 Å². The molecule has 4 rings (SSSR count). The van der Waals surface area contributed by atoms with Crippen molar-refractivity contribution in [1.82, 2.24) is 9.38 Å². The number of nitrogens with zero attached hydrogens (tertiary/aromatic N) is 2. The minimum atomic E-state index is -4.44. The molecule has 0 saturated carbocycles. The highest BCUT2D eigenvalue weighted by Gasteiger charge is 2.30. The summed E-state index contributed by atoms with van der Waals surface area (Å²) in [5, 5.41) is 0. The van der Waals surface area contributed by atoms with Gasteiger partial charge in [0, 0.05) is 18.2 Å². The first-order valence-corrected chi connectivity index (χ1v) is 9.96. The summed E-state index contributed by atoms with van der Waals surface area (Å²) in [5.74, 6) is 5.10. The van der Waals surface area contributed by atoms with E-state index in [1.54, 1.807) is 53.1 Å². The molecule has 0 bridgehead atoms. The molecule has 0 unspecified atom stereocenters. The van der Waals surface area contributed by atoms with E-state index in [-0.39, 0.29) is 18.6 Å². The van der Waals surface area contributed by atoms with Crippen molar-refractivity contribution in [2.24, 2.45) is 0 Å². The molecule has 0 aliphatic carbocycles. The van der Waals surface area contributed by atoms with Gasteiger partial charge in [0.2, 0.25) is 0 Å². The second-order valence-electron chi connectivity index (χ2n) is 6.97. The molecule has 0 N–H and O–H groups in total. The van der Waals surface area contributed by atoms with E-state index < -0.39 is 17.7 Å². The van der Waals surface area contributed by atoms with Gasteiger partial charge in [0.15, 0.2) is 0 Å². The highest BCUT2D eigenvalue weighted by Crippen LogP contribution is 2.29. The molecule has 0 spiro atoms. The lowest BCUT2D eigenvalue weighted by atomic mass is 10.1. The van der Waals surface area contributed by atoms with Crippen LogP contribution in [-0.4, -0.2) is 22.0 Å². The van der Waals surface area contributed by atoms with Crippen LogP contribution in [0.15, 0.2) is 79.0 Å². The summed E-state index contributed by atoms with van der Waals surface area (Å²) in [4.78, 5) is 26.3. The summed E-state index contributed by atoms with van der Waals surface area (Å²) in [6, 6.07) is 18.6. The van der Waals surface area contributed by atoms with Crippen molar-refractivity contribution < 1.29 is 27.7 Å². The van der Waals surface area contributed by atoms with Crippen LogP contribution >= 0.6 is 0 Å². The van der Waals surface area contributed by atoms with Crippen LogP contribution < -0.4 is 0 Å². The average molecular weight is 450 g/mol. The molecule has 4 aromatic rings. The number of fused-ring (bicyclic) bond motifs is 1. The molecule has 2 aromatic carbocycles. The van der Waals surface area contributed by atoms with E-state index in [1.807, 2.05) is 6.07 Å². The van der Waals surface area contributed by atoms with Crippen LogP contribution in [0.1, 0.15) is 32.9 Å². The van der Waals surface area contributed by atoms with E-state index in [0.29, 0.717) is 22.6 Å². The van der Waals surface area contributed by atoms with Gasteiger partial charge in [-0.2, -0.15) is 18.1 Å². The molecule has 0 amide bonds. The van der Waals surface area contributed by atoms with Crippen LogP contribution in [0.3, 0.4) is 0 Å². The Bertz CT molecular complexity index is 1340. The Morgan fingerprint density at radius 1 is 0.970 bits per heavy atom. The first-order chi connectivity index (χ1) is 15.9. The number of hydrogen-bond acceptors (Lipinski definition) is 4. The molecule has 0 radical (unpaired) electrons. The monoisotopic (exact) mass is 450 g/mol. The number of rotatable bonds is 5. The Morgan fingerprint density at radius 2 is 1.76 bits per heavy atom. The zero-order valence-electron chi connectivity index (χ0n) is 17.2. The van der Waals surface area contributed by atoms with Crippen molar-refractivity contribution in [3.63, 3.8) is 0 Å². The Morgan fingerprint density at radius 3 is 2.55 bits per heavy atom. The Kier molecular flexibility index (Phi) is 6.43. The van der Waals surface area contributed by atoms with E-state index in [2.05, 4.69) is 16.8 Å². The molecule has 33 heavy (non-hydrogen) atoms. The van der Waals surface area contributed by atoms with Gasteiger partial charge in [0.25, 0.3) is 0 Å². The van der Waals surface area contributed by atoms with Gasteiger partial charge in [-0.05, 0) is 48.4 Å². The number of aromatic nitrogens is 2. The largest absolute Gasteiger partial charge is 0.416 e. The molecule has 2 aromatic heterocycles. The van der Waals surface area contributed by atoms with Gasteiger partial charge >= 0.3 is 12.1 Å². The molecule has 5 nitrogen and oxygen atoms in total. The van der Waals surface area contributed by atoms with E-state index in [1.165, 1.54) is 12.1 Å². The zero-order valence-corrected chi connectivity index (χ0v) is 17.2. The zero-order chi connectivity index (χ0) is 23.3. The maximum Gasteiger partial charge on any atom is 0.416 e. The molecule has 166 valence electrons. The van der Waals surface area contributed by atoms with E-state index in [0.717, 1.165) is 12.1 Å². The normalized spacial score (nSPS) is 11.1. The van der Waals surface area contributed by atoms with Crippen LogP contribution in [0, 0.1) is 11.8 Å². The van der Waals surface area contributed by atoms with Crippen molar-refractivity contribution in [3.8, 4) is 11.8 Å². The Balaban J connectivity index is 1.51. The number of alkyl halides is 3. The third kappa shape index (κ3) is 5.40. The maximum absolute atomic E-state index is 13.0. The third-order valence-corrected chi connectivity index (χ3v) is 4.68. The molecular formula is C25H17F3N2O3. The second-order valence-corrected chi connectivity index (χ2v) is 6.97. The number of carbonyl (C=O) groups excluding carboxylic acids is 1. The van der Waals surface area contributed by atoms with Crippen molar-refractivity contribution in [1.29, 1.82) is 0 Å². The van der Waals surface area contributed by atoms with Crippen LogP contribution in [0.25, 0.3) is 5.65 Å². The van der Waals surface area contributed by atoms with Gasteiger partial charge in [-0.15, -0.1) is 0 Å². The smallest absolute Gasteiger partial charge is 0.293 e. The number of halogens is 3. The molecule has 0 fully saturated rings. The fraction of sp³-hybridized carbons (Fsp3) is 0.120. The predicted molar refractivity (Wildman–Crippen MR) is 114 cm³/mol. The number of pyridine rings is 1. The highest BCUT2D eigenvalue weighted by molar-refractivity contribution is 5.88. The fourth-order valence-electron chi connectivity index (χ4n) is 3.11. The summed E-state index contributed by atoms with van der Waals surface area (Å²) in [6.07, 6.45) is -2.41. The van der Waals surface area contributed by atoms with Crippen LogP contribution in [0.4, 0.5) is 13.2 Å². The molecular weight excluding hydrogens is 433 g/mol. The van der Waals surface area contributed by atoms with Crippen molar-refractivity contribution in [2.45, 2.75) is 12.6 Å². The van der Waals surface area contributed by atoms with Crippen LogP contribution in [0.5, 0.6) is 0 Å². The number of hydrogen-bond donors (Lipinski definition) is 0. The molecule has 0 aliphatic rings. The maximum atomic E-state index is 13.0. The first-order valence-electron chi connectivity index (χ1n) is 9.96. The average Bonchev–Trinajstić information content (AvgIpc) is 3.18. The Labute approximate surface area is 187 Å².